The maximum Gasteiger partial charge on any atom is 0.179 e. The number of piperidine rings is 1. The molecule has 1 saturated heterocycles. The van der Waals surface area contributed by atoms with Gasteiger partial charge >= 0.3 is 0 Å². The highest BCUT2D eigenvalue weighted by Gasteiger charge is 2.20. The normalized spacial score (nSPS) is 15.4. The van der Waals surface area contributed by atoms with E-state index in [0.717, 1.165) is 38.2 Å². The number of likely N-dealkylation sites (tertiary alicyclic amines) is 1. The zero-order chi connectivity index (χ0) is 16.8. The summed E-state index contributed by atoms with van der Waals surface area (Å²) < 4.78 is 0. The van der Waals surface area contributed by atoms with Crippen LogP contribution in [-0.2, 0) is 6.54 Å². The van der Waals surface area contributed by atoms with Crippen LogP contribution >= 0.6 is 24.0 Å². The number of carbonyl (C=O) groups excluding carboxylic acids is 1. The van der Waals surface area contributed by atoms with Gasteiger partial charge in [-0.25, -0.2) is 0 Å². The summed E-state index contributed by atoms with van der Waals surface area (Å²) in [6.45, 7) is 3.14. The maximum atomic E-state index is 12.0. The average Bonchev–Trinajstić information content (AvgIpc) is 2.64. The third-order valence-electron chi connectivity index (χ3n) is 4.55. The van der Waals surface area contributed by atoms with Gasteiger partial charge in [-0.15, -0.1) is 24.0 Å². The van der Waals surface area contributed by atoms with E-state index in [1.807, 2.05) is 24.3 Å². The monoisotopic (exact) mass is 378 g/mol. The van der Waals surface area contributed by atoms with Gasteiger partial charge in [-0.05, 0) is 30.5 Å². The molecular formula is C20H24Cl2N2O. The quantitative estimate of drug-likeness (QED) is 0.588. The van der Waals surface area contributed by atoms with E-state index in [4.69, 9.17) is 11.6 Å². The van der Waals surface area contributed by atoms with Gasteiger partial charge in [0.05, 0.1) is 5.88 Å². The van der Waals surface area contributed by atoms with Crippen LogP contribution < -0.4 is 5.32 Å². The lowest BCUT2D eigenvalue weighted by atomic mass is 10.0. The number of ketones is 1. The van der Waals surface area contributed by atoms with Crippen LogP contribution in [0.15, 0.2) is 54.6 Å². The number of halogens is 2. The van der Waals surface area contributed by atoms with Crippen LogP contribution in [0.1, 0.15) is 28.8 Å². The Balaban J connectivity index is 0.00000225. The molecule has 3 rings (SSSR count). The lowest BCUT2D eigenvalue weighted by Gasteiger charge is -2.33. The number of Topliss-reactive ketones (excluding diaryl/α,β-unsaturated/α-hetero) is 1. The molecule has 1 aliphatic heterocycles. The van der Waals surface area contributed by atoms with Gasteiger partial charge in [-0.2, -0.15) is 0 Å². The molecule has 0 aromatic heterocycles. The molecule has 0 amide bonds. The van der Waals surface area contributed by atoms with E-state index in [2.05, 4.69) is 40.5 Å². The van der Waals surface area contributed by atoms with E-state index < -0.39 is 0 Å². The maximum absolute atomic E-state index is 12.0. The van der Waals surface area contributed by atoms with E-state index in [1.165, 1.54) is 5.56 Å². The second-order valence-corrected chi connectivity index (χ2v) is 6.55. The van der Waals surface area contributed by atoms with Crippen molar-refractivity contribution in [1.82, 2.24) is 4.90 Å². The molecule has 0 unspecified atom stereocenters. The average molecular weight is 379 g/mol. The lowest BCUT2D eigenvalue weighted by molar-refractivity contribution is 0.102. The Morgan fingerprint density at radius 3 is 2.36 bits per heavy atom. The van der Waals surface area contributed by atoms with Gasteiger partial charge in [0, 0.05) is 36.9 Å². The predicted molar refractivity (Wildman–Crippen MR) is 107 cm³/mol. The van der Waals surface area contributed by atoms with Gasteiger partial charge in [0.25, 0.3) is 0 Å². The van der Waals surface area contributed by atoms with E-state index in [-0.39, 0.29) is 24.1 Å². The second kappa shape index (κ2) is 9.81. The number of para-hydroxylation sites is 1. The van der Waals surface area contributed by atoms with E-state index >= 15 is 0 Å². The minimum Gasteiger partial charge on any atom is -0.382 e. The number of hydrogen-bond donors (Lipinski definition) is 1. The molecule has 1 aliphatic rings. The summed E-state index contributed by atoms with van der Waals surface area (Å²) in [6, 6.07) is 18.7. The fraction of sp³-hybridized carbons (Fsp3) is 0.350. The summed E-state index contributed by atoms with van der Waals surface area (Å²) in [7, 11) is 0. The number of carbonyl (C=O) groups is 1. The highest BCUT2D eigenvalue weighted by molar-refractivity contribution is 6.31. The fourth-order valence-electron chi connectivity index (χ4n) is 3.22. The molecule has 0 saturated carbocycles. The fourth-order valence-corrected chi connectivity index (χ4v) is 3.37. The van der Waals surface area contributed by atoms with Crippen LogP contribution in [0.4, 0.5) is 5.69 Å². The van der Waals surface area contributed by atoms with Crippen LogP contribution in [0.2, 0.25) is 0 Å². The minimum absolute atomic E-state index is 0. The molecule has 134 valence electrons. The third kappa shape index (κ3) is 5.46. The number of alkyl halides is 1. The Kier molecular flexibility index (Phi) is 7.76. The summed E-state index contributed by atoms with van der Waals surface area (Å²) in [6.07, 6.45) is 2.16. The van der Waals surface area contributed by atoms with Crippen molar-refractivity contribution in [2.45, 2.75) is 25.4 Å². The zero-order valence-corrected chi connectivity index (χ0v) is 15.7. The molecule has 0 bridgehead atoms. The third-order valence-corrected chi connectivity index (χ3v) is 4.79. The molecule has 2 aromatic carbocycles. The first-order valence-electron chi connectivity index (χ1n) is 8.47. The molecule has 25 heavy (non-hydrogen) atoms. The smallest absolute Gasteiger partial charge is 0.179 e. The molecule has 1 N–H and O–H groups in total. The largest absolute Gasteiger partial charge is 0.382 e. The van der Waals surface area contributed by atoms with Gasteiger partial charge in [0.15, 0.2) is 5.78 Å². The molecule has 0 radical (unpaired) electrons. The minimum atomic E-state index is -0.0266. The summed E-state index contributed by atoms with van der Waals surface area (Å²) in [5, 5.41) is 3.54. The first-order chi connectivity index (χ1) is 11.8. The summed E-state index contributed by atoms with van der Waals surface area (Å²) in [4.78, 5) is 14.4. The molecule has 2 aromatic rings. The number of rotatable bonds is 6. The van der Waals surface area contributed by atoms with Crippen LogP contribution in [0.5, 0.6) is 0 Å². The highest BCUT2D eigenvalue weighted by atomic mass is 35.5. The van der Waals surface area contributed by atoms with E-state index in [1.54, 1.807) is 0 Å². The van der Waals surface area contributed by atoms with Crippen molar-refractivity contribution < 1.29 is 4.79 Å². The van der Waals surface area contributed by atoms with E-state index in [0.29, 0.717) is 11.6 Å². The number of nitrogens with zero attached hydrogens (tertiary/aromatic N) is 1. The molecule has 1 heterocycles. The van der Waals surface area contributed by atoms with Crippen molar-refractivity contribution in [3.05, 3.63) is 65.7 Å². The van der Waals surface area contributed by atoms with Gasteiger partial charge in [0.1, 0.15) is 0 Å². The van der Waals surface area contributed by atoms with Gasteiger partial charge in [0.2, 0.25) is 0 Å². The molecule has 0 spiro atoms. The van der Waals surface area contributed by atoms with Crippen molar-refractivity contribution in [2.24, 2.45) is 0 Å². The van der Waals surface area contributed by atoms with Crippen molar-refractivity contribution >= 4 is 35.5 Å². The Labute approximate surface area is 160 Å². The first-order valence-corrected chi connectivity index (χ1v) is 9.00. The van der Waals surface area contributed by atoms with Crippen LogP contribution in [-0.4, -0.2) is 35.7 Å². The Bertz CT molecular complexity index is 670. The molecule has 3 nitrogen and oxygen atoms in total. The Morgan fingerprint density at radius 1 is 1.04 bits per heavy atom. The molecular weight excluding hydrogens is 355 g/mol. The predicted octanol–water partition coefficient (Wildman–Crippen LogP) is 4.61. The van der Waals surface area contributed by atoms with Gasteiger partial charge in [-0.1, -0.05) is 42.5 Å². The zero-order valence-electron chi connectivity index (χ0n) is 14.2. The number of hydrogen-bond acceptors (Lipinski definition) is 3. The van der Waals surface area contributed by atoms with Crippen LogP contribution in [0.25, 0.3) is 0 Å². The SMILES string of the molecule is Cl.O=C(CCl)c1ccccc1NC1CCN(Cc2ccccc2)CC1. The summed E-state index contributed by atoms with van der Waals surface area (Å²) in [5.41, 5.74) is 2.96. The highest BCUT2D eigenvalue weighted by Crippen LogP contribution is 2.22. The first kappa shape index (κ1) is 19.8. The number of nitrogens with one attached hydrogen (secondary N) is 1. The van der Waals surface area contributed by atoms with Gasteiger partial charge in [-0.3, -0.25) is 9.69 Å². The summed E-state index contributed by atoms with van der Waals surface area (Å²) >= 11 is 5.71. The topological polar surface area (TPSA) is 32.3 Å². The molecule has 5 heteroatoms. The Hall–Kier alpha value is -1.55. The van der Waals surface area contributed by atoms with Crippen LogP contribution in [0, 0.1) is 0 Å². The Morgan fingerprint density at radius 2 is 1.68 bits per heavy atom. The van der Waals surface area contributed by atoms with Crippen molar-refractivity contribution in [1.29, 1.82) is 0 Å². The number of benzene rings is 2. The standard InChI is InChI=1S/C20H23ClN2O.ClH/c21-14-20(24)18-8-4-5-9-19(18)22-17-10-12-23(13-11-17)15-16-6-2-1-3-7-16;/h1-9,17,22H,10-15H2;1H. The summed E-state index contributed by atoms with van der Waals surface area (Å²) in [5.74, 6) is -0.00456. The van der Waals surface area contributed by atoms with Gasteiger partial charge < -0.3 is 5.32 Å². The van der Waals surface area contributed by atoms with Crippen LogP contribution in [0.3, 0.4) is 0 Å². The number of anilines is 1. The second-order valence-electron chi connectivity index (χ2n) is 6.28. The molecule has 0 atom stereocenters. The molecule has 0 aliphatic carbocycles. The van der Waals surface area contributed by atoms with Crippen molar-refractivity contribution in [3.63, 3.8) is 0 Å². The van der Waals surface area contributed by atoms with Crippen molar-refractivity contribution in [3.8, 4) is 0 Å². The molecule has 1 fully saturated rings. The van der Waals surface area contributed by atoms with E-state index in [9.17, 15) is 4.79 Å². The lowest BCUT2D eigenvalue weighted by Crippen LogP contribution is -2.38. The van der Waals surface area contributed by atoms with Crippen molar-refractivity contribution in [2.75, 3.05) is 24.3 Å².